The van der Waals surface area contributed by atoms with E-state index in [1.165, 1.54) is 5.56 Å². The molecular weight excluding hydrogens is 262 g/mol. The van der Waals surface area contributed by atoms with Crippen molar-refractivity contribution in [2.45, 2.75) is 32.9 Å². The van der Waals surface area contributed by atoms with Crippen LogP contribution in [0.1, 0.15) is 31.0 Å². The second-order valence-corrected chi connectivity index (χ2v) is 5.17. The Morgan fingerprint density at radius 1 is 1.05 bits per heavy atom. The van der Waals surface area contributed by atoms with Crippen molar-refractivity contribution in [3.05, 3.63) is 59.7 Å². The summed E-state index contributed by atoms with van der Waals surface area (Å²) in [7, 11) is 0. The Kier molecular flexibility index (Phi) is 5.23. The summed E-state index contributed by atoms with van der Waals surface area (Å²) in [5.41, 5.74) is 8.58. The third-order valence-corrected chi connectivity index (χ3v) is 3.41. The lowest BCUT2D eigenvalue weighted by atomic mass is 10.0. The van der Waals surface area contributed by atoms with Crippen molar-refractivity contribution in [1.82, 2.24) is 0 Å². The Bertz CT molecular complexity index is 566. The molecule has 2 N–H and O–H groups in total. The fourth-order valence-corrected chi connectivity index (χ4v) is 2.15. The Balaban J connectivity index is 2.04. The van der Waals surface area contributed by atoms with E-state index in [9.17, 15) is 0 Å². The standard InChI is InChI=1S/C18H23NO2/c1-4-20-16-6-5-7-17(12-16)21-14(3)18(19)15-10-8-13(2)9-11-15/h5-12,14,18H,4,19H2,1-3H3. The van der Waals surface area contributed by atoms with Gasteiger partial charge in [0.1, 0.15) is 17.6 Å². The number of ether oxygens (including phenoxy) is 2. The Morgan fingerprint density at radius 3 is 2.38 bits per heavy atom. The molecule has 0 bridgehead atoms. The fraction of sp³-hybridized carbons (Fsp3) is 0.333. The molecule has 2 rings (SSSR count). The Labute approximate surface area is 126 Å². The lowest BCUT2D eigenvalue weighted by Crippen LogP contribution is -2.28. The van der Waals surface area contributed by atoms with Crippen LogP contribution in [0, 0.1) is 6.92 Å². The molecule has 0 saturated carbocycles. The molecule has 0 aromatic heterocycles. The van der Waals surface area contributed by atoms with E-state index in [1.807, 2.05) is 38.1 Å². The van der Waals surface area contributed by atoms with Gasteiger partial charge in [-0.2, -0.15) is 0 Å². The second-order valence-electron chi connectivity index (χ2n) is 5.17. The molecular formula is C18H23NO2. The predicted molar refractivity (Wildman–Crippen MR) is 85.8 cm³/mol. The number of aryl methyl sites for hydroxylation is 1. The number of hydrogen-bond acceptors (Lipinski definition) is 3. The van der Waals surface area contributed by atoms with E-state index in [1.54, 1.807) is 0 Å². The molecule has 2 aromatic rings. The highest BCUT2D eigenvalue weighted by atomic mass is 16.5. The van der Waals surface area contributed by atoms with Gasteiger partial charge in [0.25, 0.3) is 0 Å². The summed E-state index contributed by atoms with van der Waals surface area (Å²) in [6.45, 7) is 6.65. The van der Waals surface area contributed by atoms with E-state index in [0.29, 0.717) is 6.61 Å². The molecule has 21 heavy (non-hydrogen) atoms. The van der Waals surface area contributed by atoms with Gasteiger partial charge in [-0.15, -0.1) is 0 Å². The highest BCUT2D eigenvalue weighted by Gasteiger charge is 2.16. The van der Waals surface area contributed by atoms with Crippen LogP contribution in [0.25, 0.3) is 0 Å². The van der Waals surface area contributed by atoms with Crippen LogP contribution >= 0.6 is 0 Å². The largest absolute Gasteiger partial charge is 0.494 e. The van der Waals surface area contributed by atoms with Gasteiger partial charge in [-0.25, -0.2) is 0 Å². The van der Waals surface area contributed by atoms with Gasteiger partial charge in [0.05, 0.1) is 12.6 Å². The zero-order valence-corrected chi connectivity index (χ0v) is 12.9. The molecule has 0 spiro atoms. The SMILES string of the molecule is CCOc1cccc(OC(C)C(N)c2ccc(C)cc2)c1. The molecule has 0 fully saturated rings. The minimum Gasteiger partial charge on any atom is -0.494 e. The van der Waals surface area contributed by atoms with Crippen molar-refractivity contribution in [1.29, 1.82) is 0 Å². The van der Waals surface area contributed by atoms with Crippen molar-refractivity contribution in [3.8, 4) is 11.5 Å². The van der Waals surface area contributed by atoms with Gasteiger partial charge < -0.3 is 15.2 Å². The molecule has 0 aliphatic heterocycles. The zero-order valence-electron chi connectivity index (χ0n) is 12.9. The summed E-state index contributed by atoms with van der Waals surface area (Å²) in [5, 5.41) is 0. The molecule has 0 amide bonds. The van der Waals surface area contributed by atoms with Crippen molar-refractivity contribution >= 4 is 0 Å². The van der Waals surface area contributed by atoms with E-state index in [0.717, 1.165) is 17.1 Å². The molecule has 0 aliphatic carbocycles. The topological polar surface area (TPSA) is 44.5 Å². The molecule has 3 nitrogen and oxygen atoms in total. The first kappa shape index (κ1) is 15.4. The average Bonchev–Trinajstić information content (AvgIpc) is 2.48. The quantitative estimate of drug-likeness (QED) is 0.876. The summed E-state index contributed by atoms with van der Waals surface area (Å²) in [6.07, 6.45) is -0.121. The van der Waals surface area contributed by atoms with Crippen LogP contribution in [-0.4, -0.2) is 12.7 Å². The van der Waals surface area contributed by atoms with E-state index in [-0.39, 0.29) is 12.1 Å². The average molecular weight is 285 g/mol. The smallest absolute Gasteiger partial charge is 0.123 e. The molecule has 2 aromatic carbocycles. The van der Waals surface area contributed by atoms with Crippen LogP contribution in [-0.2, 0) is 0 Å². The summed E-state index contributed by atoms with van der Waals surface area (Å²) < 4.78 is 11.4. The fourth-order valence-electron chi connectivity index (χ4n) is 2.15. The summed E-state index contributed by atoms with van der Waals surface area (Å²) >= 11 is 0. The minimum absolute atomic E-state index is 0.121. The van der Waals surface area contributed by atoms with Gasteiger partial charge in [0.15, 0.2) is 0 Å². The molecule has 0 radical (unpaired) electrons. The number of rotatable bonds is 6. The predicted octanol–water partition coefficient (Wildman–Crippen LogP) is 3.86. The molecule has 0 heterocycles. The molecule has 3 heteroatoms. The molecule has 0 saturated heterocycles. The highest BCUT2D eigenvalue weighted by Crippen LogP contribution is 2.24. The third kappa shape index (κ3) is 4.23. The second kappa shape index (κ2) is 7.14. The first-order valence-electron chi connectivity index (χ1n) is 7.32. The van der Waals surface area contributed by atoms with Gasteiger partial charge >= 0.3 is 0 Å². The van der Waals surface area contributed by atoms with E-state index < -0.39 is 0 Å². The zero-order chi connectivity index (χ0) is 15.2. The summed E-state index contributed by atoms with van der Waals surface area (Å²) in [6, 6.07) is 15.7. The van der Waals surface area contributed by atoms with Crippen LogP contribution in [0.2, 0.25) is 0 Å². The van der Waals surface area contributed by atoms with Crippen molar-refractivity contribution < 1.29 is 9.47 Å². The first-order valence-corrected chi connectivity index (χ1v) is 7.32. The maximum Gasteiger partial charge on any atom is 0.123 e. The van der Waals surface area contributed by atoms with Crippen LogP contribution < -0.4 is 15.2 Å². The lowest BCUT2D eigenvalue weighted by Gasteiger charge is -2.22. The van der Waals surface area contributed by atoms with E-state index in [2.05, 4.69) is 31.2 Å². The van der Waals surface area contributed by atoms with Crippen LogP contribution in [0.5, 0.6) is 11.5 Å². The van der Waals surface area contributed by atoms with Gasteiger partial charge in [0, 0.05) is 6.07 Å². The Hall–Kier alpha value is -2.00. The van der Waals surface area contributed by atoms with Gasteiger partial charge in [-0.05, 0) is 38.5 Å². The summed E-state index contributed by atoms with van der Waals surface area (Å²) in [5.74, 6) is 1.59. The summed E-state index contributed by atoms with van der Waals surface area (Å²) in [4.78, 5) is 0. The van der Waals surface area contributed by atoms with E-state index in [4.69, 9.17) is 15.2 Å². The molecule has 2 unspecified atom stereocenters. The van der Waals surface area contributed by atoms with Gasteiger partial charge in [-0.1, -0.05) is 35.9 Å². The molecule has 0 aliphatic rings. The number of benzene rings is 2. The Morgan fingerprint density at radius 2 is 1.71 bits per heavy atom. The first-order chi connectivity index (χ1) is 10.1. The van der Waals surface area contributed by atoms with Gasteiger partial charge in [-0.3, -0.25) is 0 Å². The molecule has 112 valence electrons. The number of nitrogens with two attached hydrogens (primary N) is 1. The van der Waals surface area contributed by atoms with Crippen molar-refractivity contribution in [2.75, 3.05) is 6.61 Å². The maximum atomic E-state index is 6.28. The molecule has 2 atom stereocenters. The minimum atomic E-state index is -0.165. The van der Waals surface area contributed by atoms with Crippen LogP contribution in [0.15, 0.2) is 48.5 Å². The monoisotopic (exact) mass is 285 g/mol. The maximum absolute atomic E-state index is 6.28. The van der Waals surface area contributed by atoms with E-state index >= 15 is 0 Å². The highest BCUT2D eigenvalue weighted by molar-refractivity contribution is 5.33. The van der Waals surface area contributed by atoms with Crippen LogP contribution in [0.4, 0.5) is 0 Å². The number of hydrogen-bond donors (Lipinski definition) is 1. The van der Waals surface area contributed by atoms with Gasteiger partial charge in [0.2, 0.25) is 0 Å². The lowest BCUT2D eigenvalue weighted by molar-refractivity contribution is 0.189. The normalized spacial score (nSPS) is 13.5. The van der Waals surface area contributed by atoms with Crippen molar-refractivity contribution in [2.24, 2.45) is 5.73 Å². The van der Waals surface area contributed by atoms with Crippen LogP contribution in [0.3, 0.4) is 0 Å². The third-order valence-electron chi connectivity index (χ3n) is 3.41. The van der Waals surface area contributed by atoms with Crippen molar-refractivity contribution in [3.63, 3.8) is 0 Å².